The van der Waals surface area contributed by atoms with E-state index in [2.05, 4.69) is 16.0 Å². The van der Waals surface area contributed by atoms with Gasteiger partial charge < -0.3 is 30.3 Å². The molecule has 11 nitrogen and oxygen atoms in total. The van der Waals surface area contributed by atoms with Crippen LogP contribution in [0.15, 0.2) is 0 Å². The van der Waals surface area contributed by atoms with Crippen LogP contribution in [0.5, 0.6) is 0 Å². The first-order valence-electron chi connectivity index (χ1n) is 12.5. The summed E-state index contributed by atoms with van der Waals surface area (Å²) < 4.78 is 82.1. The SMILES string of the molecule is [2H]C([2H])(OC(=O)N[C@@H](CC(C)C)C(=O)N[C@@H](C[C@@H]1CCNC1=O)C(O)S(=O)(=O)[O-])C1CCC(F)(F)CC1.[Na+]. The molecule has 1 saturated heterocycles. The Kier molecular flexibility index (Phi) is 11.6. The van der Waals surface area contributed by atoms with Crippen LogP contribution in [0, 0.1) is 17.8 Å². The van der Waals surface area contributed by atoms with Crippen LogP contribution in [0.3, 0.4) is 0 Å². The molecular formula is C21H34F2N3NaO8S. The second-order valence-corrected chi connectivity index (χ2v) is 10.9. The normalized spacial score (nSPS) is 23.9. The van der Waals surface area contributed by atoms with Gasteiger partial charge in [-0.15, -0.1) is 0 Å². The Hall–Kier alpha value is -1.06. The molecule has 0 aromatic heterocycles. The molecule has 4 N–H and O–H groups in total. The van der Waals surface area contributed by atoms with E-state index in [4.69, 9.17) is 7.48 Å². The van der Waals surface area contributed by atoms with Gasteiger partial charge in [-0.1, -0.05) is 13.8 Å². The maximum Gasteiger partial charge on any atom is 1.00 e. The Bertz CT molecular complexity index is 951. The van der Waals surface area contributed by atoms with Crippen LogP contribution in [0.25, 0.3) is 0 Å². The fraction of sp³-hybridized carbons (Fsp3) is 0.857. The monoisotopic (exact) mass is 551 g/mol. The minimum absolute atomic E-state index is 0. The third-order valence-electron chi connectivity index (χ3n) is 6.02. The summed E-state index contributed by atoms with van der Waals surface area (Å²) >= 11 is 0. The van der Waals surface area contributed by atoms with Crippen LogP contribution >= 0.6 is 0 Å². The van der Waals surface area contributed by atoms with Crippen LogP contribution in [0.2, 0.25) is 0 Å². The van der Waals surface area contributed by atoms with Crippen LogP contribution in [-0.4, -0.2) is 72.5 Å². The van der Waals surface area contributed by atoms with Crippen molar-refractivity contribution in [1.82, 2.24) is 16.0 Å². The van der Waals surface area contributed by atoms with Crippen LogP contribution in [0.4, 0.5) is 13.6 Å². The van der Waals surface area contributed by atoms with Crippen LogP contribution < -0.4 is 45.5 Å². The first kappa shape index (κ1) is 29.5. The Morgan fingerprint density at radius 2 is 1.89 bits per heavy atom. The number of ether oxygens (including phenoxy) is 1. The molecule has 0 bridgehead atoms. The number of aliphatic hydroxyl groups excluding tert-OH is 1. The topological polar surface area (TPSA) is 174 Å². The predicted octanol–water partition coefficient (Wildman–Crippen LogP) is -2.17. The molecule has 4 atom stereocenters. The number of rotatable bonds is 11. The summed E-state index contributed by atoms with van der Waals surface area (Å²) in [6.45, 7) is 1.11. The van der Waals surface area contributed by atoms with Crippen molar-refractivity contribution in [2.75, 3.05) is 13.1 Å². The fourth-order valence-corrected chi connectivity index (χ4v) is 4.66. The molecule has 1 heterocycles. The average Bonchev–Trinajstić information content (AvgIpc) is 3.14. The standard InChI is InChI=1S/C21H35F2N3O8S.Na/c1-12(2)9-15(26-20(30)34-11-13-3-6-21(22,23)7-4-13)18(28)25-16(19(29)35(31,32)33)10-14-5-8-24-17(14)27;/h12-16,19,29H,3-11H2,1-2H3,(H,24,27)(H,25,28)(H,26,30)(H,31,32,33);/q;+1/p-1/t14-,15-,16-,19?;/m0./s1/i11D2;. The summed E-state index contributed by atoms with van der Waals surface area (Å²) in [6, 6.07) is -3.05. The van der Waals surface area contributed by atoms with Crippen molar-refractivity contribution in [1.29, 1.82) is 0 Å². The van der Waals surface area contributed by atoms with Gasteiger partial charge in [0, 0.05) is 25.3 Å². The minimum Gasteiger partial charge on any atom is -0.746 e. The first-order chi connectivity index (χ1) is 16.9. The molecule has 0 spiro atoms. The average molecular weight is 552 g/mol. The summed E-state index contributed by atoms with van der Waals surface area (Å²) in [4.78, 5) is 37.4. The van der Waals surface area contributed by atoms with Crippen LogP contribution in [0.1, 0.15) is 61.5 Å². The van der Waals surface area contributed by atoms with Gasteiger partial charge in [0.05, 0.1) is 15.3 Å². The van der Waals surface area contributed by atoms with E-state index in [-0.39, 0.29) is 61.2 Å². The summed E-state index contributed by atoms with van der Waals surface area (Å²) in [7, 11) is -5.28. The number of hydrogen-bond donors (Lipinski definition) is 4. The van der Waals surface area contributed by atoms with Gasteiger partial charge in [0.15, 0.2) is 5.44 Å². The molecule has 36 heavy (non-hydrogen) atoms. The maximum atomic E-state index is 13.4. The molecule has 2 fully saturated rings. The van der Waals surface area contributed by atoms with Crippen LogP contribution in [-0.2, 0) is 24.4 Å². The van der Waals surface area contributed by atoms with Gasteiger partial charge in [-0.05, 0) is 43.9 Å². The Labute approximate surface area is 234 Å². The molecule has 15 heteroatoms. The number of amides is 3. The van der Waals surface area contributed by atoms with Crippen molar-refractivity contribution in [2.24, 2.45) is 17.8 Å². The fourth-order valence-electron chi connectivity index (χ4n) is 4.08. The van der Waals surface area contributed by atoms with Crippen molar-refractivity contribution >= 4 is 28.0 Å². The molecule has 3 amide bonds. The molecule has 0 radical (unpaired) electrons. The number of carbonyl (C=O) groups is 3. The van der Waals surface area contributed by atoms with Gasteiger partial charge in [0.2, 0.25) is 17.7 Å². The predicted molar refractivity (Wildman–Crippen MR) is 118 cm³/mol. The number of alkyl halides is 2. The largest absolute Gasteiger partial charge is 1.00 e. The van der Waals surface area contributed by atoms with E-state index >= 15 is 0 Å². The van der Waals surface area contributed by atoms with Crippen molar-refractivity contribution < 1.29 is 78.3 Å². The maximum absolute atomic E-state index is 13.4. The zero-order chi connectivity index (χ0) is 28.2. The van der Waals surface area contributed by atoms with E-state index in [0.717, 1.165) is 0 Å². The van der Waals surface area contributed by atoms with E-state index in [9.17, 15) is 41.2 Å². The number of hydrogen-bond acceptors (Lipinski definition) is 8. The summed E-state index contributed by atoms with van der Waals surface area (Å²) in [5.74, 6) is -6.28. The number of alkyl carbamates (subject to hydrolysis) is 1. The van der Waals surface area contributed by atoms with Gasteiger partial charge in [-0.2, -0.15) is 0 Å². The van der Waals surface area contributed by atoms with Gasteiger partial charge in [0.1, 0.15) is 16.2 Å². The number of carbonyl (C=O) groups excluding carboxylic acids is 3. The Balaban J connectivity index is 0.00000722. The molecule has 2 rings (SSSR count). The van der Waals surface area contributed by atoms with E-state index in [1.54, 1.807) is 13.8 Å². The summed E-state index contributed by atoms with van der Waals surface area (Å²) in [5.41, 5.74) is -2.56. The molecule has 1 saturated carbocycles. The van der Waals surface area contributed by atoms with Gasteiger partial charge in [0.25, 0.3) is 0 Å². The third-order valence-corrected chi connectivity index (χ3v) is 6.94. The first-order valence-corrected chi connectivity index (χ1v) is 13.0. The van der Waals surface area contributed by atoms with Gasteiger partial charge in [-0.3, -0.25) is 9.59 Å². The second-order valence-electron chi connectivity index (χ2n) is 9.47. The second kappa shape index (κ2) is 14.2. The molecule has 1 aliphatic carbocycles. The Morgan fingerprint density at radius 1 is 1.28 bits per heavy atom. The summed E-state index contributed by atoms with van der Waals surface area (Å²) in [5, 5.41) is 17.0. The van der Waals surface area contributed by atoms with Gasteiger partial charge >= 0.3 is 35.7 Å². The zero-order valence-electron chi connectivity index (χ0n) is 22.6. The van der Waals surface area contributed by atoms with Crippen molar-refractivity contribution in [3.8, 4) is 0 Å². The molecule has 1 unspecified atom stereocenters. The third kappa shape index (κ3) is 10.7. The van der Waals surface area contributed by atoms with Crippen molar-refractivity contribution in [3.63, 3.8) is 0 Å². The van der Waals surface area contributed by atoms with E-state index in [1.165, 1.54) is 0 Å². The molecule has 1 aliphatic heterocycles. The summed E-state index contributed by atoms with van der Waals surface area (Å²) in [6.07, 6.45) is -2.93. The Morgan fingerprint density at radius 3 is 2.39 bits per heavy atom. The van der Waals surface area contributed by atoms with E-state index < -0.39 is 82.7 Å². The van der Waals surface area contributed by atoms with E-state index in [1.807, 2.05) is 0 Å². The number of aliphatic hydroxyl groups is 1. The van der Waals surface area contributed by atoms with Crippen molar-refractivity contribution in [3.05, 3.63) is 0 Å². The minimum atomic E-state index is -5.28. The van der Waals surface area contributed by atoms with E-state index in [0.29, 0.717) is 13.0 Å². The molecule has 2 aliphatic rings. The van der Waals surface area contributed by atoms with Crippen molar-refractivity contribution in [2.45, 2.75) is 82.2 Å². The number of halogens is 2. The quantitative estimate of drug-likeness (QED) is 0.166. The van der Waals surface area contributed by atoms with Gasteiger partial charge in [-0.25, -0.2) is 22.0 Å². The zero-order valence-corrected chi connectivity index (χ0v) is 23.4. The molecular weight excluding hydrogens is 515 g/mol. The molecule has 0 aromatic rings. The molecule has 202 valence electrons. The smallest absolute Gasteiger partial charge is 0.746 e. The number of nitrogens with one attached hydrogen (secondary N) is 3. The molecule has 0 aromatic carbocycles.